The molecular formula is C77H142O6. The van der Waals surface area contributed by atoms with Gasteiger partial charge in [-0.1, -0.05) is 378 Å². The van der Waals surface area contributed by atoms with Crippen molar-refractivity contribution in [2.24, 2.45) is 0 Å². The molecule has 0 heterocycles. The van der Waals surface area contributed by atoms with Gasteiger partial charge in [-0.05, 0) is 57.8 Å². The average molecular weight is 1160 g/mol. The summed E-state index contributed by atoms with van der Waals surface area (Å²) in [6.07, 6.45) is 91.5. The van der Waals surface area contributed by atoms with Gasteiger partial charge in [0.25, 0.3) is 0 Å². The normalized spacial score (nSPS) is 12.3. The Hall–Kier alpha value is -2.63. The van der Waals surface area contributed by atoms with Gasteiger partial charge in [-0.25, -0.2) is 0 Å². The largest absolute Gasteiger partial charge is 0.462 e. The van der Waals surface area contributed by atoms with Crippen molar-refractivity contribution in [3.63, 3.8) is 0 Å². The summed E-state index contributed by atoms with van der Waals surface area (Å²) in [5.74, 6) is -0.835. The lowest BCUT2D eigenvalue weighted by Crippen LogP contribution is -2.30. The molecule has 486 valence electrons. The molecular weight excluding hydrogens is 1020 g/mol. The minimum atomic E-state index is -0.772. The second-order valence-corrected chi connectivity index (χ2v) is 25.2. The van der Waals surface area contributed by atoms with E-state index < -0.39 is 6.10 Å². The Balaban J connectivity index is 4.28. The lowest BCUT2D eigenvalue weighted by atomic mass is 10.0. The van der Waals surface area contributed by atoms with Gasteiger partial charge in [-0.2, -0.15) is 0 Å². The van der Waals surface area contributed by atoms with Gasteiger partial charge in [0.2, 0.25) is 0 Å². The number of unbranched alkanes of at least 4 members (excludes halogenated alkanes) is 50. The molecule has 0 aliphatic heterocycles. The van der Waals surface area contributed by atoms with Crippen molar-refractivity contribution < 1.29 is 28.6 Å². The average Bonchev–Trinajstić information content (AvgIpc) is 3.49. The predicted octanol–water partition coefficient (Wildman–Crippen LogP) is 25.7. The first-order chi connectivity index (χ1) is 41.0. The molecule has 0 aliphatic rings. The van der Waals surface area contributed by atoms with Crippen LogP contribution in [-0.2, 0) is 28.6 Å². The molecule has 1 atom stereocenters. The van der Waals surface area contributed by atoms with E-state index in [-0.39, 0.29) is 31.1 Å². The Bertz CT molecular complexity index is 1430. The molecule has 0 rings (SSSR count). The van der Waals surface area contributed by atoms with Gasteiger partial charge in [0.15, 0.2) is 6.10 Å². The summed E-state index contributed by atoms with van der Waals surface area (Å²) in [7, 11) is 0. The van der Waals surface area contributed by atoms with Crippen LogP contribution in [0.1, 0.15) is 406 Å². The summed E-state index contributed by atoms with van der Waals surface area (Å²) in [6, 6.07) is 0. The fraction of sp³-hybridized carbons (Fsp3) is 0.857. The van der Waals surface area contributed by atoms with Crippen LogP contribution in [0, 0.1) is 0 Å². The van der Waals surface area contributed by atoms with Crippen LogP contribution in [0.15, 0.2) is 48.6 Å². The van der Waals surface area contributed by atoms with Crippen molar-refractivity contribution in [2.75, 3.05) is 13.2 Å². The highest BCUT2D eigenvalue weighted by molar-refractivity contribution is 5.71. The first kappa shape index (κ1) is 80.4. The molecule has 0 saturated carbocycles. The maximum absolute atomic E-state index is 13.0. The topological polar surface area (TPSA) is 78.9 Å². The van der Waals surface area contributed by atoms with Crippen LogP contribution in [0.4, 0.5) is 0 Å². The Morgan fingerprint density at radius 2 is 0.470 bits per heavy atom. The number of hydrogen-bond donors (Lipinski definition) is 0. The number of allylic oxidation sites excluding steroid dienone is 8. The zero-order valence-corrected chi connectivity index (χ0v) is 56.0. The highest BCUT2D eigenvalue weighted by atomic mass is 16.6. The lowest BCUT2D eigenvalue weighted by molar-refractivity contribution is -0.167. The molecule has 83 heavy (non-hydrogen) atoms. The second kappa shape index (κ2) is 71.8. The highest BCUT2D eigenvalue weighted by Gasteiger charge is 2.20. The molecule has 0 aromatic heterocycles. The molecule has 6 heteroatoms. The van der Waals surface area contributed by atoms with E-state index in [0.717, 1.165) is 83.5 Å². The summed E-state index contributed by atoms with van der Waals surface area (Å²) in [4.78, 5) is 38.6. The summed E-state index contributed by atoms with van der Waals surface area (Å²) >= 11 is 0. The molecule has 0 radical (unpaired) electrons. The number of rotatable bonds is 69. The van der Waals surface area contributed by atoms with E-state index in [1.165, 1.54) is 283 Å². The minimum Gasteiger partial charge on any atom is -0.462 e. The van der Waals surface area contributed by atoms with Gasteiger partial charge in [0, 0.05) is 19.3 Å². The van der Waals surface area contributed by atoms with Crippen molar-refractivity contribution in [1.29, 1.82) is 0 Å². The summed E-state index contributed by atoms with van der Waals surface area (Å²) in [5.41, 5.74) is 0. The van der Waals surface area contributed by atoms with Crippen molar-refractivity contribution in [2.45, 2.75) is 412 Å². The highest BCUT2D eigenvalue weighted by Crippen LogP contribution is 2.19. The number of carbonyl (C=O) groups is 3. The van der Waals surface area contributed by atoms with Crippen LogP contribution in [0.5, 0.6) is 0 Å². The van der Waals surface area contributed by atoms with Gasteiger partial charge in [-0.3, -0.25) is 14.4 Å². The molecule has 0 fully saturated rings. The van der Waals surface area contributed by atoms with E-state index in [4.69, 9.17) is 14.2 Å². The van der Waals surface area contributed by atoms with E-state index in [1.54, 1.807) is 0 Å². The Kier molecular flexibility index (Phi) is 69.6. The van der Waals surface area contributed by atoms with Crippen LogP contribution in [-0.4, -0.2) is 37.2 Å². The van der Waals surface area contributed by atoms with Crippen LogP contribution in [0.2, 0.25) is 0 Å². The standard InChI is InChI=1S/C77H142O6/c1-4-7-10-13-16-19-22-25-28-31-33-35-37-38-40-41-43-46-49-52-55-58-61-64-67-70-76(79)82-73-74(72-81-75(78)69-66-63-60-57-54-51-48-45-30-27-24-21-18-15-12-9-6-3)83-77(80)71-68-65-62-59-56-53-50-47-44-42-39-36-34-32-29-26-23-20-17-14-11-8-5-2/h7,10,16,19,25,28,33,35,74H,4-6,8-9,11-15,17-18,20-24,26-27,29-32,34,36-73H2,1-3H3/b10-7-,19-16-,28-25-,35-33-. The number of carbonyl (C=O) groups excluding carboxylic acids is 3. The van der Waals surface area contributed by atoms with Crippen molar-refractivity contribution in [3.05, 3.63) is 48.6 Å². The van der Waals surface area contributed by atoms with Crippen LogP contribution < -0.4 is 0 Å². The summed E-state index contributed by atoms with van der Waals surface area (Å²) in [5, 5.41) is 0. The monoisotopic (exact) mass is 1160 g/mol. The predicted molar refractivity (Wildman–Crippen MR) is 362 cm³/mol. The first-order valence-electron chi connectivity index (χ1n) is 37.1. The number of ether oxygens (including phenoxy) is 3. The maximum atomic E-state index is 13.0. The fourth-order valence-electron chi connectivity index (χ4n) is 11.3. The Labute approximate surface area is 518 Å². The molecule has 0 aromatic rings. The number of hydrogen-bond acceptors (Lipinski definition) is 6. The molecule has 6 nitrogen and oxygen atoms in total. The molecule has 0 aromatic carbocycles. The molecule has 0 aliphatic carbocycles. The van der Waals surface area contributed by atoms with E-state index in [0.29, 0.717) is 19.3 Å². The quantitative estimate of drug-likeness (QED) is 0.0261. The molecule has 0 N–H and O–H groups in total. The van der Waals surface area contributed by atoms with Gasteiger partial charge >= 0.3 is 17.9 Å². The fourth-order valence-corrected chi connectivity index (χ4v) is 11.3. The first-order valence-corrected chi connectivity index (χ1v) is 37.1. The van der Waals surface area contributed by atoms with Crippen molar-refractivity contribution in [3.8, 4) is 0 Å². The molecule has 0 amide bonds. The third-order valence-corrected chi connectivity index (χ3v) is 16.8. The van der Waals surface area contributed by atoms with Crippen LogP contribution >= 0.6 is 0 Å². The third-order valence-electron chi connectivity index (χ3n) is 16.8. The van der Waals surface area contributed by atoms with Crippen LogP contribution in [0.3, 0.4) is 0 Å². The molecule has 0 bridgehead atoms. The van der Waals surface area contributed by atoms with E-state index in [2.05, 4.69) is 69.4 Å². The SMILES string of the molecule is CC/C=C\C/C=C\C/C=C\C/C=C\CCCCCCCCCCCCCCC(=O)OCC(COC(=O)CCCCCCCCCCCCCCCCCCC)OC(=O)CCCCCCCCCCCCCCCCCCCCCCCCC. The third kappa shape index (κ3) is 70.0. The Morgan fingerprint density at radius 3 is 0.735 bits per heavy atom. The van der Waals surface area contributed by atoms with Gasteiger partial charge < -0.3 is 14.2 Å². The molecule has 0 saturated heterocycles. The summed E-state index contributed by atoms with van der Waals surface area (Å²) in [6.45, 7) is 6.62. The Morgan fingerprint density at radius 1 is 0.253 bits per heavy atom. The van der Waals surface area contributed by atoms with Gasteiger partial charge in [0.1, 0.15) is 13.2 Å². The van der Waals surface area contributed by atoms with Gasteiger partial charge in [-0.15, -0.1) is 0 Å². The zero-order valence-electron chi connectivity index (χ0n) is 56.0. The smallest absolute Gasteiger partial charge is 0.306 e. The minimum absolute atomic E-state index is 0.0666. The van der Waals surface area contributed by atoms with Crippen molar-refractivity contribution >= 4 is 17.9 Å². The van der Waals surface area contributed by atoms with Crippen LogP contribution in [0.25, 0.3) is 0 Å². The van der Waals surface area contributed by atoms with Crippen molar-refractivity contribution in [1.82, 2.24) is 0 Å². The van der Waals surface area contributed by atoms with Gasteiger partial charge in [0.05, 0.1) is 0 Å². The van der Waals surface area contributed by atoms with E-state index in [9.17, 15) is 14.4 Å². The lowest BCUT2D eigenvalue weighted by Gasteiger charge is -2.18. The second-order valence-electron chi connectivity index (χ2n) is 25.2. The number of esters is 3. The summed E-state index contributed by atoms with van der Waals surface area (Å²) < 4.78 is 17.0. The maximum Gasteiger partial charge on any atom is 0.306 e. The van der Waals surface area contributed by atoms with E-state index in [1.807, 2.05) is 0 Å². The van der Waals surface area contributed by atoms with E-state index >= 15 is 0 Å². The zero-order chi connectivity index (χ0) is 59.9. The molecule has 1 unspecified atom stereocenters. The molecule has 0 spiro atoms.